The summed E-state index contributed by atoms with van der Waals surface area (Å²) in [4.78, 5) is 13.7. The van der Waals surface area contributed by atoms with Crippen molar-refractivity contribution in [2.75, 3.05) is 27.3 Å². The smallest absolute Gasteiger partial charge is 0.222 e. The Morgan fingerprint density at radius 2 is 2.06 bits per heavy atom. The third-order valence-electron chi connectivity index (χ3n) is 3.50. The van der Waals surface area contributed by atoms with Gasteiger partial charge in [-0.1, -0.05) is 19.3 Å². The monoisotopic (exact) mass is 242 g/mol. The maximum Gasteiger partial charge on any atom is 0.222 e. The molecule has 1 saturated carbocycles. The Kier molecular flexibility index (Phi) is 6.52. The van der Waals surface area contributed by atoms with Crippen LogP contribution in [0.4, 0.5) is 0 Å². The van der Waals surface area contributed by atoms with Crippen LogP contribution in [0.2, 0.25) is 0 Å². The van der Waals surface area contributed by atoms with E-state index in [1.54, 1.807) is 12.0 Å². The molecular weight excluding hydrogens is 216 g/mol. The predicted molar refractivity (Wildman–Crippen MR) is 68.7 cm³/mol. The predicted octanol–water partition coefficient (Wildman–Crippen LogP) is 1.39. The highest BCUT2D eigenvalue weighted by Crippen LogP contribution is 2.26. The molecule has 0 radical (unpaired) electrons. The van der Waals surface area contributed by atoms with Gasteiger partial charge in [-0.3, -0.25) is 4.79 Å². The second-order valence-corrected chi connectivity index (χ2v) is 5.20. The number of hydrogen-bond acceptors (Lipinski definition) is 3. The Hall–Kier alpha value is -0.610. The molecule has 4 nitrogen and oxygen atoms in total. The van der Waals surface area contributed by atoms with Gasteiger partial charge in [0.25, 0.3) is 0 Å². The molecule has 1 aliphatic carbocycles. The van der Waals surface area contributed by atoms with Gasteiger partial charge in [-0.15, -0.1) is 0 Å². The van der Waals surface area contributed by atoms with Crippen molar-refractivity contribution in [3.63, 3.8) is 0 Å². The van der Waals surface area contributed by atoms with Crippen molar-refractivity contribution < 1.29 is 9.53 Å². The molecule has 0 saturated heterocycles. The molecule has 0 aromatic carbocycles. The lowest BCUT2D eigenvalue weighted by Gasteiger charge is -2.25. The van der Waals surface area contributed by atoms with Gasteiger partial charge in [0.05, 0.1) is 6.61 Å². The summed E-state index contributed by atoms with van der Waals surface area (Å²) in [6.45, 7) is 1.08. The fourth-order valence-corrected chi connectivity index (χ4v) is 2.51. The summed E-state index contributed by atoms with van der Waals surface area (Å²) < 4.78 is 4.97. The van der Waals surface area contributed by atoms with Gasteiger partial charge in [0, 0.05) is 33.2 Å². The fourth-order valence-electron chi connectivity index (χ4n) is 2.51. The van der Waals surface area contributed by atoms with Crippen LogP contribution in [0.5, 0.6) is 0 Å². The second kappa shape index (κ2) is 7.67. The number of amides is 1. The number of rotatable bonds is 6. The minimum Gasteiger partial charge on any atom is -0.383 e. The van der Waals surface area contributed by atoms with E-state index in [-0.39, 0.29) is 11.9 Å². The van der Waals surface area contributed by atoms with E-state index in [1.165, 1.54) is 32.1 Å². The van der Waals surface area contributed by atoms with Gasteiger partial charge in [-0.25, -0.2) is 0 Å². The summed E-state index contributed by atoms with van der Waals surface area (Å²) in [5.74, 6) is 0.820. The number of carbonyl (C=O) groups excluding carboxylic acids is 1. The maximum absolute atomic E-state index is 12.0. The van der Waals surface area contributed by atoms with E-state index in [1.807, 2.05) is 7.05 Å². The Morgan fingerprint density at radius 1 is 1.41 bits per heavy atom. The minimum atomic E-state index is -0.0831. The number of ether oxygens (including phenoxy) is 1. The van der Waals surface area contributed by atoms with Crippen molar-refractivity contribution >= 4 is 5.91 Å². The summed E-state index contributed by atoms with van der Waals surface area (Å²) in [5, 5.41) is 0. The molecule has 1 aliphatic rings. The van der Waals surface area contributed by atoms with E-state index in [0.29, 0.717) is 25.5 Å². The first kappa shape index (κ1) is 14.5. The topological polar surface area (TPSA) is 55.6 Å². The van der Waals surface area contributed by atoms with Crippen LogP contribution in [-0.2, 0) is 9.53 Å². The second-order valence-electron chi connectivity index (χ2n) is 5.20. The first-order valence-corrected chi connectivity index (χ1v) is 6.62. The van der Waals surface area contributed by atoms with Crippen LogP contribution in [0.25, 0.3) is 0 Å². The fraction of sp³-hybridized carbons (Fsp3) is 0.923. The SMILES string of the molecule is COCC(N)CN(C)C(=O)CC1CCCCC1. The molecule has 1 atom stereocenters. The van der Waals surface area contributed by atoms with Crippen LogP contribution in [0.1, 0.15) is 38.5 Å². The normalized spacial score (nSPS) is 19.0. The van der Waals surface area contributed by atoms with E-state index in [4.69, 9.17) is 10.5 Å². The zero-order valence-electron chi connectivity index (χ0n) is 11.2. The molecule has 17 heavy (non-hydrogen) atoms. The first-order chi connectivity index (χ1) is 8.13. The lowest BCUT2D eigenvalue weighted by Crippen LogP contribution is -2.41. The van der Waals surface area contributed by atoms with Gasteiger partial charge in [0.1, 0.15) is 0 Å². The molecule has 1 rings (SSSR count). The van der Waals surface area contributed by atoms with Crippen molar-refractivity contribution in [1.29, 1.82) is 0 Å². The van der Waals surface area contributed by atoms with Crippen molar-refractivity contribution in [2.45, 2.75) is 44.6 Å². The van der Waals surface area contributed by atoms with Gasteiger partial charge in [-0.2, -0.15) is 0 Å². The average molecular weight is 242 g/mol. The average Bonchev–Trinajstić information content (AvgIpc) is 2.30. The molecule has 1 unspecified atom stereocenters. The lowest BCUT2D eigenvalue weighted by molar-refractivity contribution is -0.131. The van der Waals surface area contributed by atoms with Crippen LogP contribution in [0, 0.1) is 5.92 Å². The van der Waals surface area contributed by atoms with Crippen molar-refractivity contribution in [2.24, 2.45) is 11.7 Å². The molecule has 0 spiro atoms. The quantitative estimate of drug-likeness (QED) is 0.765. The minimum absolute atomic E-state index is 0.0831. The van der Waals surface area contributed by atoms with Crippen molar-refractivity contribution in [1.82, 2.24) is 4.90 Å². The molecule has 0 aromatic rings. The van der Waals surface area contributed by atoms with Crippen molar-refractivity contribution in [3.8, 4) is 0 Å². The Morgan fingerprint density at radius 3 is 2.65 bits per heavy atom. The molecule has 100 valence electrons. The van der Waals surface area contributed by atoms with Crippen molar-refractivity contribution in [3.05, 3.63) is 0 Å². The summed E-state index contributed by atoms with van der Waals surface area (Å²) >= 11 is 0. The number of carbonyl (C=O) groups is 1. The van der Waals surface area contributed by atoms with Crippen LogP contribution in [0.15, 0.2) is 0 Å². The first-order valence-electron chi connectivity index (χ1n) is 6.62. The summed E-state index contributed by atoms with van der Waals surface area (Å²) in [5.41, 5.74) is 5.84. The highest BCUT2D eigenvalue weighted by molar-refractivity contribution is 5.76. The molecule has 0 bridgehead atoms. The lowest BCUT2D eigenvalue weighted by atomic mass is 9.86. The van der Waals surface area contributed by atoms with E-state index >= 15 is 0 Å². The van der Waals surface area contributed by atoms with Gasteiger partial charge >= 0.3 is 0 Å². The largest absolute Gasteiger partial charge is 0.383 e. The molecule has 1 fully saturated rings. The summed E-state index contributed by atoms with van der Waals surface area (Å²) in [7, 11) is 3.46. The highest BCUT2D eigenvalue weighted by Gasteiger charge is 2.20. The number of likely N-dealkylation sites (N-methyl/N-ethyl adjacent to an activating group) is 1. The zero-order valence-corrected chi connectivity index (χ0v) is 11.2. The number of methoxy groups -OCH3 is 1. The number of hydrogen-bond donors (Lipinski definition) is 1. The zero-order chi connectivity index (χ0) is 12.7. The van der Waals surface area contributed by atoms with Gasteiger partial charge in [0.2, 0.25) is 5.91 Å². The van der Waals surface area contributed by atoms with Gasteiger partial charge in [0.15, 0.2) is 0 Å². The maximum atomic E-state index is 12.0. The van der Waals surface area contributed by atoms with Crippen LogP contribution in [-0.4, -0.2) is 44.2 Å². The molecule has 1 amide bonds. The Balaban J connectivity index is 2.25. The molecular formula is C13H26N2O2. The highest BCUT2D eigenvalue weighted by atomic mass is 16.5. The Bertz CT molecular complexity index is 227. The number of nitrogens with zero attached hydrogens (tertiary/aromatic N) is 1. The Labute approximate surface area is 104 Å². The van der Waals surface area contributed by atoms with Crippen LogP contribution in [0.3, 0.4) is 0 Å². The summed E-state index contributed by atoms with van der Waals surface area (Å²) in [6.07, 6.45) is 7.01. The number of nitrogens with two attached hydrogens (primary N) is 1. The van der Waals surface area contributed by atoms with E-state index < -0.39 is 0 Å². The molecule has 0 heterocycles. The molecule has 4 heteroatoms. The molecule has 0 aromatic heterocycles. The van der Waals surface area contributed by atoms with E-state index in [0.717, 1.165) is 0 Å². The van der Waals surface area contributed by atoms with Crippen LogP contribution < -0.4 is 5.73 Å². The standard InChI is InChI=1S/C13H26N2O2/c1-15(9-12(14)10-17-2)13(16)8-11-6-4-3-5-7-11/h11-12H,3-10,14H2,1-2H3. The third kappa shape index (κ3) is 5.50. The van der Waals surface area contributed by atoms with Gasteiger partial charge < -0.3 is 15.4 Å². The summed E-state index contributed by atoms with van der Waals surface area (Å²) in [6, 6.07) is -0.0831. The van der Waals surface area contributed by atoms with E-state index in [9.17, 15) is 4.79 Å². The molecule has 2 N–H and O–H groups in total. The van der Waals surface area contributed by atoms with Crippen LogP contribution >= 0.6 is 0 Å². The molecule has 0 aliphatic heterocycles. The van der Waals surface area contributed by atoms with E-state index in [2.05, 4.69) is 0 Å². The third-order valence-corrected chi connectivity index (χ3v) is 3.50. The van der Waals surface area contributed by atoms with Gasteiger partial charge in [-0.05, 0) is 18.8 Å².